The van der Waals surface area contributed by atoms with E-state index in [0.29, 0.717) is 18.0 Å². The van der Waals surface area contributed by atoms with E-state index in [9.17, 15) is 4.79 Å². The van der Waals surface area contributed by atoms with Gasteiger partial charge in [-0.05, 0) is 66.6 Å². The van der Waals surface area contributed by atoms with Crippen LogP contribution >= 0.6 is 0 Å². The van der Waals surface area contributed by atoms with Crippen LogP contribution in [-0.2, 0) is 9.53 Å². The predicted molar refractivity (Wildman–Crippen MR) is 127 cm³/mol. The predicted octanol–water partition coefficient (Wildman–Crippen LogP) is 4.06. The minimum atomic E-state index is 0.137. The van der Waals surface area contributed by atoms with Gasteiger partial charge in [-0.2, -0.15) is 0 Å². The van der Waals surface area contributed by atoms with E-state index in [4.69, 9.17) is 15.5 Å². The number of morpholine rings is 1. The molecular formula is C26H28N4O2. The number of aromatic nitrogens is 1. The van der Waals surface area contributed by atoms with E-state index >= 15 is 0 Å². The topological polar surface area (TPSA) is 71.7 Å². The van der Waals surface area contributed by atoms with Crippen LogP contribution < -0.4 is 10.6 Å². The maximum atomic E-state index is 11.6. The fourth-order valence-corrected chi connectivity index (χ4v) is 5.87. The van der Waals surface area contributed by atoms with Crippen molar-refractivity contribution in [2.75, 3.05) is 30.3 Å². The summed E-state index contributed by atoms with van der Waals surface area (Å²) in [6, 6.07) is 15.6. The normalized spacial score (nSPS) is 24.6. The van der Waals surface area contributed by atoms with Gasteiger partial charge < -0.3 is 20.3 Å². The van der Waals surface area contributed by atoms with Crippen molar-refractivity contribution < 1.29 is 9.53 Å². The Kier molecular flexibility index (Phi) is 4.57. The van der Waals surface area contributed by atoms with Gasteiger partial charge in [-0.3, -0.25) is 4.79 Å². The van der Waals surface area contributed by atoms with Crippen molar-refractivity contribution in [2.45, 2.75) is 44.4 Å². The Labute approximate surface area is 188 Å². The number of amides is 1. The summed E-state index contributed by atoms with van der Waals surface area (Å²) < 4.78 is 5.77. The van der Waals surface area contributed by atoms with Crippen molar-refractivity contribution in [1.82, 2.24) is 9.88 Å². The Morgan fingerprint density at radius 3 is 2.91 bits per heavy atom. The summed E-state index contributed by atoms with van der Waals surface area (Å²) in [4.78, 5) is 20.7. The van der Waals surface area contributed by atoms with Gasteiger partial charge in [-0.15, -0.1) is 0 Å². The third-order valence-corrected chi connectivity index (χ3v) is 7.42. The molecule has 0 aliphatic carbocycles. The first-order valence-electron chi connectivity index (χ1n) is 11.5. The van der Waals surface area contributed by atoms with E-state index in [-0.39, 0.29) is 6.04 Å². The van der Waals surface area contributed by atoms with Crippen LogP contribution in [0.15, 0.2) is 42.5 Å². The molecule has 3 fully saturated rings. The van der Waals surface area contributed by atoms with Gasteiger partial charge in [-0.1, -0.05) is 24.3 Å². The number of nitrogens with two attached hydrogens (primary N) is 1. The lowest BCUT2D eigenvalue weighted by atomic mass is 9.89. The Bertz CT molecular complexity index is 1210. The van der Waals surface area contributed by atoms with Crippen molar-refractivity contribution in [3.05, 3.63) is 53.6 Å². The fraction of sp³-hybridized carbons (Fsp3) is 0.385. The second-order valence-electron chi connectivity index (χ2n) is 9.34. The number of aryl methyl sites for hydroxylation is 1. The summed E-state index contributed by atoms with van der Waals surface area (Å²) in [5.41, 5.74) is 13.1. The van der Waals surface area contributed by atoms with Gasteiger partial charge in [-0.25, -0.2) is 4.98 Å². The standard InChI is InChI=1S/C26H28N4O2/c1-16-4-2-5-21(23-6-3-9-29(23)15-31)25(16)17-7-8-22-18(10-17)11-24(26(27)28-22)30-13-20-12-19(30)14-32-20/h2,4-5,7-8,10-11,15,19-20,23H,3,6,9,12-14H2,1H3,(H2,27,28)/t19-,20-,23?/m0/s1. The molecule has 3 aliphatic rings. The number of anilines is 2. The molecule has 0 spiro atoms. The van der Waals surface area contributed by atoms with Crippen LogP contribution in [-0.4, -0.2) is 48.1 Å². The first kappa shape index (κ1) is 19.6. The lowest BCUT2D eigenvalue weighted by molar-refractivity contribution is -0.118. The van der Waals surface area contributed by atoms with Gasteiger partial charge in [0.1, 0.15) is 5.82 Å². The van der Waals surface area contributed by atoms with Gasteiger partial charge in [0.15, 0.2) is 0 Å². The second-order valence-corrected chi connectivity index (χ2v) is 9.34. The zero-order valence-corrected chi connectivity index (χ0v) is 18.3. The van der Waals surface area contributed by atoms with Crippen LogP contribution in [0.3, 0.4) is 0 Å². The van der Waals surface area contributed by atoms with Gasteiger partial charge in [0.05, 0.1) is 36.0 Å². The number of hydrogen-bond donors (Lipinski definition) is 1. The summed E-state index contributed by atoms with van der Waals surface area (Å²) in [5, 5.41) is 1.09. The van der Waals surface area contributed by atoms with Crippen molar-refractivity contribution in [3.8, 4) is 11.1 Å². The Hall–Kier alpha value is -3.12. The summed E-state index contributed by atoms with van der Waals surface area (Å²) in [6.45, 7) is 4.63. The highest BCUT2D eigenvalue weighted by Gasteiger charge is 2.40. The second kappa shape index (κ2) is 7.48. The lowest BCUT2D eigenvalue weighted by Gasteiger charge is -2.29. The van der Waals surface area contributed by atoms with E-state index in [1.54, 1.807) is 0 Å². The fourth-order valence-electron chi connectivity index (χ4n) is 5.87. The minimum Gasteiger partial charge on any atom is -0.382 e. The number of carbonyl (C=O) groups is 1. The van der Waals surface area contributed by atoms with E-state index in [0.717, 1.165) is 67.5 Å². The van der Waals surface area contributed by atoms with Crippen LogP contribution in [0.1, 0.15) is 36.4 Å². The highest BCUT2D eigenvalue weighted by Crippen LogP contribution is 2.41. The molecule has 32 heavy (non-hydrogen) atoms. The smallest absolute Gasteiger partial charge is 0.210 e. The number of carbonyl (C=O) groups excluding carboxylic acids is 1. The monoisotopic (exact) mass is 428 g/mol. The molecule has 0 radical (unpaired) electrons. The van der Waals surface area contributed by atoms with Crippen LogP contribution in [0.2, 0.25) is 0 Å². The third kappa shape index (κ3) is 3.05. The van der Waals surface area contributed by atoms with Crippen molar-refractivity contribution in [3.63, 3.8) is 0 Å². The van der Waals surface area contributed by atoms with Crippen LogP contribution in [0, 0.1) is 6.92 Å². The van der Waals surface area contributed by atoms with Gasteiger partial charge in [0, 0.05) is 18.5 Å². The average molecular weight is 429 g/mol. The van der Waals surface area contributed by atoms with Crippen molar-refractivity contribution in [1.29, 1.82) is 0 Å². The highest BCUT2D eigenvalue weighted by atomic mass is 16.5. The number of hydrogen-bond acceptors (Lipinski definition) is 5. The number of pyridine rings is 1. The molecule has 6 heteroatoms. The maximum Gasteiger partial charge on any atom is 0.210 e. The molecule has 1 unspecified atom stereocenters. The summed E-state index contributed by atoms with van der Waals surface area (Å²) in [7, 11) is 0. The number of benzene rings is 2. The largest absolute Gasteiger partial charge is 0.382 e. The van der Waals surface area contributed by atoms with Crippen LogP contribution in [0.4, 0.5) is 11.5 Å². The molecule has 3 saturated heterocycles. The first-order chi connectivity index (χ1) is 15.6. The molecule has 2 N–H and O–H groups in total. The molecule has 3 aromatic rings. The molecule has 1 amide bonds. The van der Waals surface area contributed by atoms with E-state index < -0.39 is 0 Å². The molecule has 0 saturated carbocycles. The summed E-state index contributed by atoms with van der Waals surface area (Å²) in [6.07, 6.45) is 4.42. The molecule has 1 aromatic heterocycles. The first-order valence-corrected chi connectivity index (χ1v) is 11.5. The summed E-state index contributed by atoms with van der Waals surface area (Å²) in [5.74, 6) is 0.585. The molecule has 3 atom stereocenters. The molecule has 3 aliphatic heterocycles. The van der Waals surface area contributed by atoms with E-state index in [1.165, 1.54) is 16.7 Å². The third-order valence-electron chi connectivity index (χ3n) is 7.42. The summed E-state index contributed by atoms with van der Waals surface area (Å²) >= 11 is 0. The number of nitrogen functional groups attached to an aromatic ring is 1. The average Bonchev–Trinajstić information content (AvgIpc) is 3.55. The van der Waals surface area contributed by atoms with Crippen LogP contribution in [0.25, 0.3) is 22.0 Å². The Morgan fingerprint density at radius 2 is 2.12 bits per heavy atom. The number of fused-ring (bicyclic) bond motifs is 3. The Morgan fingerprint density at radius 1 is 1.22 bits per heavy atom. The number of ether oxygens (including phenoxy) is 1. The Balaban J connectivity index is 1.45. The lowest BCUT2D eigenvalue weighted by Crippen LogP contribution is -2.37. The molecule has 6 rings (SSSR count). The van der Waals surface area contributed by atoms with E-state index in [2.05, 4.69) is 54.3 Å². The molecular weight excluding hydrogens is 400 g/mol. The van der Waals surface area contributed by atoms with Gasteiger partial charge >= 0.3 is 0 Å². The van der Waals surface area contributed by atoms with Crippen molar-refractivity contribution >= 4 is 28.8 Å². The van der Waals surface area contributed by atoms with Gasteiger partial charge in [0.25, 0.3) is 0 Å². The van der Waals surface area contributed by atoms with Gasteiger partial charge in [0.2, 0.25) is 6.41 Å². The molecule has 2 bridgehead atoms. The molecule has 6 nitrogen and oxygen atoms in total. The number of rotatable bonds is 4. The zero-order valence-electron chi connectivity index (χ0n) is 18.3. The number of nitrogens with zero attached hydrogens (tertiary/aromatic N) is 3. The highest BCUT2D eigenvalue weighted by molar-refractivity contribution is 5.91. The van der Waals surface area contributed by atoms with Crippen molar-refractivity contribution in [2.24, 2.45) is 0 Å². The maximum absolute atomic E-state index is 11.6. The van der Waals surface area contributed by atoms with Crippen LogP contribution in [0.5, 0.6) is 0 Å². The number of likely N-dealkylation sites (tertiary alicyclic amines) is 1. The SMILES string of the molecule is Cc1cccc(C2CCCN2C=O)c1-c1ccc2nc(N)c(N3C[C@@H]4C[C@H]3CO4)cc2c1. The quantitative estimate of drug-likeness (QED) is 0.635. The molecule has 4 heterocycles. The van der Waals surface area contributed by atoms with E-state index in [1.807, 2.05) is 4.90 Å². The molecule has 2 aromatic carbocycles. The molecule has 164 valence electrons. The minimum absolute atomic E-state index is 0.137. The zero-order chi connectivity index (χ0) is 21.8.